The van der Waals surface area contributed by atoms with E-state index in [1.807, 2.05) is 26.0 Å². The molecule has 1 fully saturated rings. The van der Waals surface area contributed by atoms with Crippen molar-refractivity contribution in [3.63, 3.8) is 0 Å². The third-order valence-corrected chi connectivity index (χ3v) is 3.39. The smallest absolute Gasteiger partial charge is 0.257 e. The molecule has 0 bridgehead atoms. The van der Waals surface area contributed by atoms with Crippen LogP contribution in [0, 0.1) is 0 Å². The molecule has 0 spiro atoms. The fourth-order valence-corrected chi connectivity index (χ4v) is 2.62. The van der Waals surface area contributed by atoms with Crippen molar-refractivity contribution >= 4 is 5.82 Å². The van der Waals surface area contributed by atoms with Gasteiger partial charge in [0.2, 0.25) is 0 Å². The molecule has 5 nitrogen and oxygen atoms in total. The van der Waals surface area contributed by atoms with E-state index in [-0.39, 0.29) is 12.1 Å². The summed E-state index contributed by atoms with van der Waals surface area (Å²) in [6.07, 6.45) is 7.34. The highest BCUT2D eigenvalue weighted by Crippen LogP contribution is 2.38. The van der Waals surface area contributed by atoms with Gasteiger partial charge in [-0.15, -0.1) is 0 Å². The van der Waals surface area contributed by atoms with Crippen molar-refractivity contribution in [3.8, 4) is 5.88 Å². The summed E-state index contributed by atoms with van der Waals surface area (Å²) in [5, 5.41) is 0. The van der Waals surface area contributed by atoms with Gasteiger partial charge in [-0.2, -0.15) is 0 Å². The van der Waals surface area contributed by atoms with Gasteiger partial charge in [0.15, 0.2) is 5.82 Å². The predicted octanol–water partition coefficient (Wildman–Crippen LogP) is 3.20. The van der Waals surface area contributed by atoms with E-state index < -0.39 is 0 Å². The van der Waals surface area contributed by atoms with Crippen LogP contribution in [0.5, 0.6) is 5.88 Å². The minimum absolute atomic E-state index is 0.0788. The van der Waals surface area contributed by atoms with Crippen molar-refractivity contribution in [1.82, 2.24) is 9.97 Å². The van der Waals surface area contributed by atoms with E-state index in [2.05, 4.69) is 14.9 Å². The molecule has 20 heavy (non-hydrogen) atoms. The lowest BCUT2D eigenvalue weighted by molar-refractivity contribution is 0.232. The number of nitrogens with zero attached hydrogens (tertiary/aromatic N) is 3. The van der Waals surface area contributed by atoms with Gasteiger partial charge in [0, 0.05) is 18.9 Å². The van der Waals surface area contributed by atoms with E-state index >= 15 is 0 Å². The van der Waals surface area contributed by atoms with E-state index in [0.29, 0.717) is 5.88 Å². The SMILES string of the molecule is CC(C)Oc1nccnc1N1CCCC1c1ccco1. The lowest BCUT2D eigenvalue weighted by atomic mass is 10.1. The molecule has 3 rings (SSSR count). The van der Waals surface area contributed by atoms with Crippen LogP contribution in [0.2, 0.25) is 0 Å². The zero-order chi connectivity index (χ0) is 13.9. The number of anilines is 1. The molecule has 0 aliphatic carbocycles. The van der Waals surface area contributed by atoms with Crippen molar-refractivity contribution in [3.05, 3.63) is 36.5 Å². The molecule has 106 valence electrons. The Labute approximate surface area is 118 Å². The summed E-state index contributed by atoms with van der Waals surface area (Å²) in [5.74, 6) is 2.38. The van der Waals surface area contributed by atoms with Gasteiger partial charge in [-0.05, 0) is 38.8 Å². The quantitative estimate of drug-likeness (QED) is 0.856. The Morgan fingerprint density at radius 1 is 1.35 bits per heavy atom. The first-order chi connectivity index (χ1) is 9.75. The predicted molar refractivity (Wildman–Crippen MR) is 75.8 cm³/mol. The third-order valence-electron chi connectivity index (χ3n) is 3.39. The average Bonchev–Trinajstić information content (AvgIpc) is 3.09. The van der Waals surface area contributed by atoms with Crippen molar-refractivity contribution in [2.75, 3.05) is 11.4 Å². The van der Waals surface area contributed by atoms with E-state index in [4.69, 9.17) is 9.15 Å². The Kier molecular flexibility index (Phi) is 3.58. The van der Waals surface area contributed by atoms with Gasteiger partial charge in [0.1, 0.15) is 5.76 Å². The molecule has 1 aliphatic heterocycles. The fourth-order valence-electron chi connectivity index (χ4n) is 2.62. The van der Waals surface area contributed by atoms with Crippen LogP contribution in [-0.2, 0) is 0 Å². The first-order valence-corrected chi connectivity index (χ1v) is 7.03. The van der Waals surface area contributed by atoms with Gasteiger partial charge in [-0.25, -0.2) is 9.97 Å². The Morgan fingerprint density at radius 2 is 2.20 bits per heavy atom. The Balaban J connectivity index is 1.92. The third kappa shape index (κ3) is 2.48. The molecular formula is C15H19N3O2. The highest BCUT2D eigenvalue weighted by Gasteiger charge is 2.31. The number of furan rings is 1. The molecule has 1 saturated heterocycles. The standard InChI is InChI=1S/C15H19N3O2/c1-11(2)20-15-14(16-7-8-17-15)18-9-3-5-12(18)13-6-4-10-19-13/h4,6-8,10-12H,3,5,9H2,1-2H3. The summed E-state index contributed by atoms with van der Waals surface area (Å²) in [4.78, 5) is 11.0. The van der Waals surface area contributed by atoms with E-state index in [1.165, 1.54) is 0 Å². The van der Waals surface area contributed by atoms with Gasteiger partial charge < -0.3 is 14.1 Å². The minimum Gasteiger partial charge on any atom is -0.472 e. The largest absolute Gasteiger partial charge is 0.472 e. The Bertz CT molecular complexity index is 554. The van der Waals surface area contributed by atoms with Gasteiger partial charge in [-0.3, -0.25) is 0 Å². The molecule has 1 atom stereocenters. The Hall–Kier alpha value is -2.04. The maximum atomic E-state index is 5.78. The number of rotatable bonds is 4. The van der Waals surface area contributed by atoms with Crippen LogP contribution in [0.25, 0.3) is 0 Å². The maximum Gasteiger partial charge on any atom is 0.257 e. The normalized spacial score (nSPS) is 18.8. The summed E-state index contributed by atoms with van der Waals surface area (Å²) in [7, 11) is 0. The van der Waals surface area contributed by atoms with Crippen molar-refractivity contribution < 1.29 is 9.15 Å². The van der Waals surface area contributed by atoms with Gasteiger partial charge in [0.25, 0.3) is 5.88 Å². The van der Waals surface area contributed by atoms with Crippen molar-refractivity contribution in [2.45, 2.75) is 38.8 Å². The second-order valence-electron chi connectivity index (χ2n) is 5.22. The molecule has 0 saturated carbocycles. The van der Waals surface area contributed by atoms with Gasteiger partial charge >= 0.3 is 0 Å². The molecule has 1 unspecified atom stereocenters. The van der Waals surface area contributed by atoms with Gasteiger partial charge in [-0.1, -0.05) is 0 Å². The number of hydrogen-bond donors (Lipinski definition) is 0. The zero-order valence-electron chi connectivity index (χ0n) is 11.8. The summed E-state index contributed by atoms with van der Waals surface area (Å²) in [5.41, 5.74) is 0. The molecule has 3 heterocycles. The van der Waals surface area contributed by atoms with Crippen LogP contribution in [0.4, 0.5) is 5.82 Å². The number of hydrogen-bond acceptors (Lipinski definition) is 5. The average molecular weight is 273 g/mol. The first-order valence-electron chi connectivity index (χ1n) is 7.03. The van der Waals surface area contributed by atoms with E-state index in [0.717, 1.165) is 31.0 Å². The summed E-state index contributed by atoms with van der Waals surface area (Å²) in [6, 6.07) is 4.16. The molecule has 1 aliphatic rings. The van der Waals surface area contributed by atoms with E-state index in [9.17, 15) is 0 Å². The lowest BCUT2D eigenvalue weighted by Crippen LogP contribution is -2.25. The molecule has 0 radical (unpaired) electrons. The number of ether oxygens (including phenoxy) is 1. The summed E-state index contributed by atoms with van der Waals surface area (Å²) >= 11 is 0. The van der Waals surface area contributed by atoms with Crippen LogP contribution in [0.1, 0.15) is 38.5 Å². The minimum atomic E-state index is 0.0788. The second kappa shape index (κ2) is 5.53. The van der Waals surface area contributed by atoms with E-state index in [1.54, 1.807) is 18.7 Å². The zero-order valence-corrected chi connectivity index (χ0v) is 11.8. The summed E-state index contributed by atoms with van der Waals surface area (Å²) < 4.78 is 11.3. The van der Waals surface area contributed by atoms with Crippen LogP contribution in [-0.4, -0.2) is 22.6 Å². The second-order valence-corrected chi connectivity index (χ2v) is 5.22. The molecule has 0 aromatic carbocycles. The van der Waals surface area contributed by atoms with Crippen LogP contribution < -0.4 is 9.64 Å². The molecule has 2 aromatic heterocycles. The monoisotopic (exact) mass is 273 g/mol. The van der Waals surface area contributed by atoms with Crippen LogP contribution in [0.3, 0.4) is 0 Å². The maximum absolute atomic E-state index is 5.78. The topological polar surface area (TPSA) is 51.4 Å². The molecule has 5 heteroatoms. The Morgan fingerprint density at radius 3 is 2.95 bits per heavy atom. The van der Waals surface area contributed by atoms with Crippen molar-refractivity contribution in [2.24, 2.45) is 0 Å². The fraction of sp³-hybridized carbons (Fsp3) is 0.467. The highest BCUT2D eigenvalue weighted by atomic mass is 16.5. The van der Waals surface area contributed by atoms with Crippen LogP contribution in [0.15, 0.2) is 35.2 Å². The molecule has 0 N–H and O–H groups in total. The number of aromatic nitrogens is 2. The summed E-state index contributed by atoms with van der Waals surface area (Å²) in [6.45, 7) is 4.93. The van der Waals surface area contributed by atoms with Gasteiger partial charge in [0.05, 0.1) is 18.4 Å². The van der Waals surface area contributed by atoms with Crippen molar-refractivity contribution in [1.29, 1.82) is 0 Å². The molecular weight excluding hydrogens is 254 g/mol. The lowest BCUT2D eigenvalue weighted by Gasteiger charge is -2.25. The molecule has 0 amide bonds. The molecule has 2 aromatic rings. The van der Waals surface area contributed by atoms with Crippen LogP contribution >= 0.6 is 0 Å². The first kappa shape index (κ1) is 13.0. The highest BCUT2D eigenvalue weighted by molar-refractivity contribution is 5.50.